The highest BCUT2D eigenvalue weighted by Gasteiger charge is 2.15. The second-order valence-corrected chi connectivity index (χ2v) is 6.71. The van der Waals surface area contributed by atoms with E-state index < -0.39 is 0 Å². The Balaban J connectivity index is 2.31. The van der Waals surface area contributed by atoms with Gasteiger partial charge >= 0.3 is 0 Å². The van der Waals surface area contributed by atoms with Gasteiger partial charge in [0.25, 0.3) is 0 Å². The average Bonchev–Trinajstić information content (AvgIpc) is 2.86. The summed E-state index contributed by atoms with van der Waals surface area (Å²) in [6, 6.07) is 5.21. The van der Waals surface area contributed by atoms with E-state index in [4.69, 9.17) is 4.98 Å². The standard InChI is InChI=1S/C17H23FN2S/c1-5-8-19-10-15-16(11(2)3)20-17(21-15)13-6-7-14(18)12(4)9-13/h6-7,9,11,19H,5,8,10H2,1-4H3. The van der Waals surface area contributed by atoms with E-state index >= 15 is 0 Å². The van der Waals surface area contributed by atoms with Crippen molar-refractivity contribution < 1.29 is 4.39 Å². The predicted molar refractivity (Wildman–Crippen MR) is 88.3 cm³/mol. The van der Waals surface area contributed by atoms with Crippen LogP contribution in [0.5, 0.6) is 0 Å². The van der Waals surface area contributed by atoms with Crippen molar-refractivity contribution in [3.8, 4) is 10.6 Å². The molecule has 2 rings (SSSR count). The number of nitrogens with zero attached hydrogens (tertiary/aromatic N) is 1. The molecule has 1 aromatic heterocycles. The van der Waals surface area contributed by atoms with Crippen LogP contribution < -0.4 is 5.32 Å². The summed E-state index contributed by atoms with van der Waals surface area (Å²) in [6.07, 6.45) is 1.12. The summed E-state index contributed by atoms with van der Waals surface area (Å²) >= 11 is 1.71. The topological polar surface area (TPSA) is 24.9 Å². The molecule has 2 aromatic rings. The highest BCUT2D eigenvalue weighted by molar-refractivity contribution is 7.15. The molecule has 0 unspecified atom stereocenters. The van der Waals surface area contributed by atoms with Gasteiger partial charge in [-0.15, -0.1) is 11.3 Å². The number of halogens is 1. The Labute approximate surface area is 130 Å². The molecule has 0 amide bonds. The Morgan fingerprint density at radius 2 is 2.10 bits per heavy atom. The van der Waals surface area contributed by atoms with Crippen molar-refractivity contribution in [2.24, 2.45) is 0 Å². The fourth-order valence-corrected chi connectivity index (χ4v) is 3.40. The SMILES string of the molecule is CCCNCc1sc(-c2ccc(F)c(C)c2)nc1C(C)C. The molecule has 0 aliphatic rings. The van der Waals surface area contributed by atoms with Crippen LogP contribution in [0.25, 0.3) is 10.6 Å². The number of nitrogens with one attached hydrogen (secondary N) is 1. The maximum Gasteiger partial charge on any atom is 0.126 e. The van der Waals surface area contributed by atoms with Crippen LogP contribution in [0.1, 0.15) is 49.2 Å². The third-order valence-corrected chi connectivity index (χ3v) is 4.51. The van der Waals surface area contributed by atoms with Gasteiger partial charge in [-0.3, -0.25) is 0 Å². The number of rotatable bonds is 6. The van der Waals surface area contributed by atoms with Gasteiger partial charge in [-0.1, -0.05) is 20.8 Å². The zero-order valence-corrected chi connectivity index (χ0v) is 14.0. The van der Waals surface area contributed by atoms with Gasteiger partial charge in [0.2, 0.25) is 0 Å². The Kier molecular flexibility index (Phi) is 5.48. The molecule has 1 heterocycles. The minimum absolute atomic E-state index is 0.163. The molecule has 0 atom stereocenters. The highest BCUT2D eigenvalue weighted by Crippen LogP contribution is 2.32. The maximum absolute atomic E-state index is 13.4. The Hall–Kier alpha value is -1.26. The van der Waals surface area contributed by atoms with Crippen molar-refractivity contribution in [3.63, 3.8) is 0 Å². The molecule has 114 valence electrons. The van der Waals surface area contributed by atoms with Gasteiger partial charge in [-0.05, 0) is 49.6 Å². The number of benzene rings is 1. The van der Waals surface area contributed by atoms with E-state index in [-0.39, 0.29) is 5.82 Å². The molecule has 0 radical (unpaired) electrons. The molecule has 4 heteroatoms. The van der Waals surface area contributed by atoms with Crippen molar-refractivity contribution in [1.82, 2.24) is 10.3 Å². The van der Waals surface area contributed by atoms with Gasteiger partial charge in [-0.25, -0.2) is 9.37 Å². The van der Waals surface area contributed by atoms with Crippen LogP contribution in [-0.2, 0) is 6.54 Å². The molecule has 0 bridgehead atoms. The Morgan fingerprint density at radius 1 is 1.33 bits per heavy atom. The van der Waals surface area contributed by atoms with Crippen LogP contribution in [0.2, 0.25) is 0 Å². The molecule has 1 N–H and O–H groups in total. The van der Waals surface area contributed by atoms with Crippen LogP contribution in [0, 0.1) is 12.7 Å². The first-order valence-corrected chi connectivity index (χ1v) is 8.31. The minimum Gasteiger partial charge on any atom is -0.312 e. The molecular weight excluding hydrogens is 283 g/mol. The number of aromatic nitrogens is 1. The molecular formula is C17H23FN2S. The van der Waals surface area contributed by atoms with Crippen molar-refractivity contribution in [2.75, 3.05) is 6.54 Å². The highest BCUT2D eigenvalue weighted by atomic mass is 32.1. The predicted octanol–water partition coefficient (Wildman–Crippen LogP) is 4.88. The van der Waals surface area contributed by atoms with E-state index in [2.05, 4.69) is 26.1 Å². The van der Waals surface area contributed by atoms with Crippen molar-refractivity contribution in [2.45, 2.75) is 46.6 Å². The zero-order chi connectivity index (χ0) is 15.4. The van der Waals surface area contributed by atoms with Gasteiger partial charge in [0.05, 0.1) is 5.69 Å². The van der Waals surface area contributed by atoms with Gasteiger partial charge in [-0.2, -0.15) is 0 Å². The van der Waals surface area contributed by atoms with Crippen LogP contribution >= 0.6 is 11.3 Å². The lowest BCUT2D eigenvalue weighted by Gasteiger charge is -2.05. The van der Waals surface area contributed by atoms with Gasteiger partial charge in [0.1, 0.15) is 10.8 Å². The maximum atomic E-state index is 13.4. The molecule has 21 heavy (non-hydrogen) atoms. The van der Waals surface area contributed by atoms with Crippen LogP contribution in [0.15, 0.2) is 18.2 Å². The first-order chi connectivity index (χ1) is 10.0. The quantitative estimate of drug-likeness (QED) is 0.769. The van der Waals surface area contributed by atoms with E-state index in [1.54, 1.807) is 18.3 Å². The van der Waals surface area contributed by atoms with Crippen molar-refractivity contribution in [3.05, 3.63) is 40.2 Å². The number of hydrogen-bond donors (Lipinski definition) is 1. The first kappa shape index (κ1) is 16.1. The van der Waals surface area contributed by atoms with Gasteiger partial charge in [0.15, 0.2) is 0 Å². The lowest BCUT2D eigenvalue weighted by Crippen LogP contribution is -2.14. The molecule has 1 aromatic carbocycles. The number of thiazole rings is 1. The smallest absolute Gasteiger partial charge is 0.126 e. The fourth-order valence-electron chi connectivity index (χ4n) is 2.22. The van der Waals surface area contributed by atoms with Gasteiger partial charge in [0, 0.05) is 17.0 Å². The summed E-state index contributed by atoms with van der Waals surface area (Å²) in [7, 11) is 0. The summed E-state index contributed by atoms with van der Waals surface area (Å²) in [4.78, 5) is 6.07. The number of aryl methyl sites for hydroxylation is 1. The molecule has 0 fully saturated rings. The van der Waals surface area contributed by atoms with E-state index in [1.807, 2.05) is 12.1 Å². The van der Waals surface area contributed by atoms with E-state index in [9.17, 15) is 4.39 Å². The summed E-state index contributed by atoms with van der Waals surface area (Å²) < 4.78 is 13.4. The molecule has 0 aliphatic heterocycles. The first-order valence-electron chi connectivity index (χ1n) is 7.49. The lowest BCUT2D eigenvalue weighted by atomic mass is 10.1. The third kappa shape index (κ3) is 3.89. The van der Waals surface area contributed by atoms with Gasteiger partial charge < -0.3 is 5.32 Å². The second-order valence-electron chi connectivity index (χ2n) is 5.62. The Bertz CT molecular complexity index is 605. The Morgan fingerprint density at radius 3 is 2.71 bits per heavy atom. The monoisotopic (exact) mass is 306 g/mol. The number of hydrogen-bond acceptors (Lipinski definition) is 3. The van der Waals surface area contributed by atoms with Crippen LogP contribution in [0.3, 0.4) is 0 Å². The normalized spacial score (nSPS) is 11.3. The zero-order valence-electron chi connectivity index (χ0n) is 13.2. The van der Waals surface area contributed by atoms with Crippen LogP contribution in [0.4, 0.5) is 4.39 Å². The van der Waals surface area contributed by atoms with E-state index in [0.29, 0.717) is 11.5 Å². The molecule has 0 saturated carbocycles. The molecule has 0 spiro atoms. The van der Waals surface area contributed by atoms with E-state index in [1.165, 1.54) is 10.9 Å². The fraction of sp³-hybridized carbons (Fsp3) is 0.471. The largest absolute Gasteiger partial charge is 0.312 e. The second kappa shape index (κ2) is 7.14. The summed E-state index contributed by atoms with van der Waals surface area (Å²) in [5.41, 5.74) is 2.82. The van der Waals surface area contributed by atoms with Crippen LogP contribution in [-0.4, -0.2) is 11.5 Å². The molecule has 0 saturated heterocycles. The average molecular weight is 306 g/mol. The molecule has 0 aliphatic carbocycles. The van der Waals surface area contributed by atoms with Crippen molar-refractivity contribution >= 4 is 11.3 Å². The summed E-state index contributed by atoms with van der Waals surface area (Å²) in [5.74, 6) is 0.235. The molecule has 2 nitrogen and oxygen atoms in total. The lowest BCUT2D eigenvalue weighted by molar-refractivity contribution is 0.619. The summed E-state index contributed by atoms with van der Waals surface area (Å²) in [5, 5.41) is 4.42. The van der Waals surface area contributed by atoms with E-state index in [0.717, 1.165) is 35.8 Å². The third-order valence-electron chi connectivity index (χ3n) is 3.39. The summed E-state index contributed by atoms with van der Waals surface area (Å²) in [6.45, 7) is 10.2. The van der Waals surface area contributed by atoms with Crippen molar-refractivity contribution in [1.29, 1.82) is 0 Å². The minimum atomic E-state index is -0.163.